The van der Waals surface area contributed by atoms with Crippen LogP contribution in [0.1, 0.15) is 32.6 Å². The third kappa shape index (κ3) is 5.25. The number of ether oxygens (including phenoxy) is 1. The van der Waals surface area contributed by atoms with Crippen molar-refractivity contribution in [3.8, 4) is 28.1 Å². The van der Waals surface area contributed by atoms with Crippen LogP contribution in [0.25, 0.3) is 22.3 Å². The summed E-state index contributed by atoms with van der Waals surface area (Å²) in [6.07, 6.45) is 11.3. The molecule has 1 aliphatic heterocycles. The molecule has 0 bridgehead atoms. The average Bonchev–Trinajstić information content (AvgIpc) is 3.08. The normalized spacial score (nSPS) is 18.7. The standard InChI is InChI=1S/C35H29FN6O2S/c1-21-10-11-37-17-28(21)29-18-40-33(44-2)27-14-35(30-12-23(8-9-31(30)36)24-15-38-20-39-16-24)25(13-26(27)29)19-45-34(42-35)41-32(43)22-6-4-3-5-7-22/h3-12,15-18,20,25H,13-14,19H2,1-2H3,(H,41,42,43)/t25-,35-/m0/s1. The van der Waals surface area contributed by atoms with E-state index in [1.807, 2.05) is 42.7 Å². The number of thioether (sulfide) groups is 1. The number of amides is 1. The second-order valence-corrected chi connectivity index (χ2v) is 12.2. The number of nitrogens with zero attached hydrogens (tertiary/aromatic N) is 5. The summed E-state index contributed by atoms with van der Waals surface area (Å²) in [6, 6.07) is 16.0. The molecule has 1 N–H and O–H groups in total. The molecule has 0 radical (unpaired) electrons. The maximum atomic E-state index is 16.2. The zero-order chi connectivity index (χ0) is 31.0. The van der Waals surface area contributed by atoms with Crippen molar-refractivity contribution in [2.75, 3.05) is 12.9 Å². The fourth-order valence-electron chi connectivity index (χ4n) is 6.37. The molecule has 0 saturated carbocycles. The largest absolute Gasteiger partial charge is 0.481 e. The first-order valence-electron chi connectivity index (χ1n) is 14.6. The lowest BCUT2D eigenvalue weighted by molar-refractivity contribution is 0.0977. The molecule has 0 unspecified atom stereocenters. The SMILES string of the molecule is COc1ncc(-c2cnccc2C)c2c1C[C@]1(c3cc(-c4cncnc4)ccc3F)N=C(NC(=O)c3ccccc3)SC[C@@H]1C2. The number of hydrogen-bond donors (Lipinski definition) is 1. The molecule has 8 nitrogen and oxygen atoms in total. The number of aromatic nitrogens is 4. The van der Waals surface area contributed by atoms with Crippen molar-refractivity contribution in [1.82, 2.24) is 25.3 Å². The number of rotatable bonds is 5. The van der Waals surface area contributed by atoms with E-state index >= 15 is 4.39 Å². The van der Waals surface area contributed by atoms with Gasteiger partial charge >= 0.3 is 0 Å². The van der Waals surface area contributed by atoms with Crippen LogP contribution in [0.15, 0.2) is 96.9 Å². The van der Waals surface area contributed by atoms with Crippen molar-refractivity contribution in [3.05, 3.63) is 126 Å². The number of amidine groups is 1. The van der Waals surface area contributed by atoms with Gasteiger partial charge in [0.1, 0.15) is 12.1 Å². The predicted octanol–water partition coefficient (Wildman–Crippen LogP) is 6.20. The number of carbonyl (C=O) groups is 1. The molecule has 3 aromatic heterocycles. The van der Waals surface area contributed by atoms with Gasteiger partial charge in [0, 0.05) is 82.5 Å². The van der Waals surface area contributed by atoms with Crippen LogP contribution in [0.5, 0.6) is 5.88 Å². The molecule has 0 spiro atoms. The highest BCUT2D eigenvalue weighted by atomic mass is 32.2. The third-order valence-electron chi connectivity index (χ3n) is 8.66. The molecular formula is C35H29FN6O2S. The van der Waals surface area contributed by atoms with Crippen LogP contribution in [-0.4, -0.2) is 43.9 Å². The van der Waals surface area contributed by atoms with Crippen molar-refractivity contribution in [3.63, 3.8) is 0 Å². The van der Waals surface area contributed by atoms with Gasteiger partial charge in [-0.2, -0.15) is 0 Å². The Morgan fingerprint density at radius 3 is 2.58 bits per heavy atom. The second-order valence-electron chi connectivity index (χ2n) is 11.2. The zero-order valence-electron chi connectivity index (χ0n) is 24.7. The Hall–Kier alpha value is -4.96. The first-order chi connectivity index (χ1) is 22.0. The number of methoxy groups -OCH3 is 1. The first kappa shape index (κ1) is 28.8. The summed E-state index contributed by atoms with van der Waals surface area (Å²) in [7, 11) is 1.60. The average molecular weight is 617 g/mol. The number of pyridine rings is 2. The van der Waals surface area contributed by atoms with E-state index in [4.69, 9.17) is 14.7 Å². The van der Waals surface area contributed by atoms with Crippen LogP contribution >= 0.6 is 11.8 Å². The van der Waals surface area contributed by atoms with Gasteiger partial charge in [-0.1, -0.05) is 36.0 Å². The van der Waals surface area contributed by atoms with Gasteiger partial charge < -0.3 is 10.1 Å². The number of nitrogens with one attached hydrogen (secondary N) is 1. The van der Waals surface area contributed by atoms with Gasteiger partial charge in [0.05, 0.1) is 12.6 Å². The lowest BCUT2D eigenvalue weighted by Gasteiger charge is -2.46. The second kappa shape index (κ2) is 11.9. The summed E-state index contributed by atoms with van der Waals surface area (Å²) in [6.45, 7) is 2.05. The minimum absolute atomic E-state index is 0.105. The summed E-state index contributed by atoms with van der Waals surface area (Å²) in [5.74, 6) is 0.341. The van der Waals surface area contributed by atoms with Gasteiger partial charge in [0.25, 0.3) is 5.91 Å². The Kier molecular flexibility index (Phi) is 7.58. The van der Waals surface area contributed by atoms with E-state index in [-0.39, 0.29) is 17.6 Å². The first-order valence-corrected chi connectivity index (χ1v) is 15.6. The van der Waals surface area contributed by atoms with Crippen LogP contribution < -0.4 is 10.1 Å². The number of aryl methyl sites for hydroxylation is 1. The Morgan fingerprint density at radius 1 is 0.978 bits per heavy atom. The summed E-state index contributed by atoms with van der Waals surface area (Å²) in [5.41, 5.74) is 6.48. The van der Waals surface area contributed by atoms with Crippen LogP contribution in [0.2, 0.25) is 0 Å². The van der Waals surface area contributed by atoms with E-state index in [2.05, 4.69) is 27.2 Å². The van der Waals surface area contributed by atoms with Crippen LogP contribution in [0.3, 0.4) is 0 Å². The fourth-order valence-corrected chi connectivity index (χ4v) is 7.52. The minimum atomic E-state index is -1.05. The van der Waals surface area contributed by atoms with E-state index in [0.29, 0.717) is 40.8 Å². The van der Waals surface area contributed by atoms with E-state index in [0.717, 1.165) is 38.9 Å². The molecule has 1 aliphatic carbocycles. The Morgan fingerprint density at radius 2 is 1.80 bits per heavy atom. The summed E-state index contributed by atoms with van der Waals surface area (Å²) >= 11 is 1.48. The number of fused-ring (bicyclic) bond motifs is 2. The molecule has 7 rings (SSSR count). The number of hydrogen-bond acceptors (Lipinski definition) is 8. The molecule has 5 aromatic rings. The minimum Gasteiger partial charge on any atom is -0.481 e. The molecule has 4 heterocycles. The molecule has 45 heavy (non-hydrogen) atoms. The van der Waals surface area contributed by atoms with Crippen molar-refractivity contribution in [1.29, 1.82) is 0 Å². The van der Waals surface area contributed by atoms with Crippen molar-refractivity contribution < 1.29 is 13.9 Å². The van der Waals surface area contributed by atoms with Gasteiger partial charge in [-0.05, 0) is 60.4 Å². The Labute approximate surface area is 264 Å². The monoisotopic (exact) mass is 616 g/mol. The number of halogens is 1. The molecule has 2 aliphatic rings. The van der Waals surface area contributed by atoms with Gasteiger partial charge in [0.15, 0.2) is 5.17 Å². The van der Waals surface area contributed by atoms with Crippen LogP contribution in [0.4, 0.5) is 4.39 Å². The van der Waals surface area contributed by atoms with Gasteiger partial charge in [-0.15, -0.1) is 0 Å². The topological polar surface area (TPSA) is 102 Å². The molecule has 0 fully saturated rings. The summed E-state index contributed by atoms with van der Waals surface area (Å²) in [4.78, 5) is 35.9. The highest BCUT2D eigenvalue weighted by Crippen LogP contribution is 2.52. The molecule has 2 aromatic carbocycles. The molecule has 10 heteroatoms. The van der Waals surface area contributed by atoms with E-state index in [9.17, 15) is 4.79 Å². The summed E-state index contributed by atoms with van der Waals surface area (Å²) in [5, 5.41) is 3.45. The fraction of sp³-hybridized carbons (Fsp3) is 0.200. The lowest BCUT2D eigenvalue weighted by Crippen LogP contribution is -2.48. The molecule has 0 saturated heterocycles. The number of benzene rings is 2. The van der Waals surface area contributed by atoms with Gasteiger partial charge in [0.2, 0.25) is 5.88 Å². The number of carbonyl (C=O) groups excluding carboxylic acids is 1. The maximum Gasteiger partial charge on any atom is 0.257 e. The van der Waals surface area contributed by atoms with Gasteiger partial charge in [-0.3, -0.25) is 9.78 Å². The molecular weight excluding hydrogens is 587 g/mol. The van der Waals surface area contributed by atoms with Crippen LogP contribution in [-0.2, 0) is 18.4 Å². The highest BCUT2D eigenvalue weighted by Gasteiger charge is 2.50. The maximum absolute atomic E-state index is 16.2. The van der Waals surface area contributed by atoms with Gasteiger partial charge in [-0.25, -0.2) is 24.3 Å². The molecule has 224 valence electrons. The van der Waals surface area contributed by atoms with Crippen molar-refractivity contribution in [2.24, 2.45) is 10.9 Å². The highest BCUT2D eigenvalue weighted by molar-refractivity contribution is 8.13. The predicted molar refractivity (Wildman–Crippen MR) is 173 cm³/mol. The Bertz CT molecular complexity index is 1940. The van der Waals surface area contributed by atoms with Crippen molar-refractivity contribution >= 4 is 22.8 Å². The molecule has 1 amide bonds. The van der Waals surface area contributed by atoms with E-state index in [1.54, 1.807) is 43.9 Å². The summed E-state index contributed by atoms with van der Waals surface area (Å²) < 4.78 is 22.0. The lowest BCUT2D eigenvalue weighted by atomic mass is 9.66. The molecule has 2 atom stereocenters. The van der Waals surface area contributed by atoms with E-state index < -0.39 is 5.54 Å². The third-order valence-corrected chi connectivity index (χ3v) is 9.69. The zero-order valence-corrected chi connectivity index (χ0v) is 25.5. The quantitative estimate of drug-likeness (QED) is 0.251. The van der Waals surface area contributed by atoms with Crippen LogP contribution in [0, 0.1) is 18.7 Å². The number of aliphatic imine (C=N–C) groups is 1. The smallest absolute Gasteiger partial charge is 0.257 e. The Balaban J connectivity index is 1.41. The van der Waals surface area contributed by atoms with E-state index in [1.165, 1.54) is 24.2 Å². The van der Waals surface area contributed by atoms with Crippen molar-refractivity contribution in [2.45, 2.75) is 25.3 Å².